The number of nitro groups is 1. The van der Waals surface area contributed by atoms with Crippen LogP contribution in [0.5, 0.6) is 23.0 Å². The van der Waals surface area contributed by atoms with Crippen molar-refractivity contribution in [1.82, 2.24) is 0 Å². The third-order valence-corrected chi connectivity index (χ3v) is 5.37. The Hall–Kier alpha value is -5.30. The maximum absolute atomic E-state index is 11.2. The van der Waals surface area contributed by atoms with Gasteiger partial charge in [0.05, 0.1) is 19.1 Å². The summed E-state index contributed by atoms with van der Waals surface area (Å²) < 4.78 is 16.5. The normalized spacial score (nSPS) is 10.8. The van der Waals surface area contributed by atoms with E-state index in [-0.39, 0.29) is 17.0 Å². The van der Waals surface area contributed by atoms with Crippen LogP contribution in [0, 0.1) is 21.4 Å². The maximum atomic E-state index is 11.2. The maximum Gasteiger partial charge on any atom is 0.311 e. The third-order valence-electron chi connectivity index (χ3n) is 5.37. The summed E-state index contributed by atoms with van der Waals surface area (Å²) in [7, 11) is 3.10. The molecule has 1 heterocycles. The summed E-state index contributed by atoms with van der Waals surface area (Å²) in [4.78, 5) is 14.6. The molecular weight excluding hydrogens is 466 g/mol. The van der Waals surface area contributed by atoms with Crippen molar-refractivity contribution < 1.29 is 29.0 Å². The van der Waals surface area contributed by atoms with Gasteiger partial charge in [-0.2, -0.15) is 5.26 Å². The largest absolute Gasteiger partial charge is 0.507 e. The van der Waals surface area contributed by atoms with E-state index in [4.69, 9.17) is 13.9 Å². The number of ether oxygens (including phenoxy) is 2. The molecule has 0 spiro atoms. The van der Waals surface area contributed by atoms with Gasteiger partial charge in [-0.15, -0.1) is 0 Å². The minimum Gasteiger partial charge on any atom is -0.507 e. The van der Waals surface area contributed by atoms with Crippen LogP contribution in [0.1, 0.15) is 11.1 Å². The van der Waals surface area contributed by atoms with E-state index in [9.17, 15) is 25.6 Å². The molecule has 0 radical (unpaired) electrons. The highest BCUT2D eigenvalue weighted by Crippen LogP contribution is 2.43. The van der Waals surface area contributed by atoms with E-state index >= 15 is 0 Å². The molecule has 0 aliphatic heterocycles. The van der Waals surface area contributed by atoms with Crippen molar-refractivity contribution in [1.29, 1.82) is 5.26 Å². The molecule has 0 saturated heterocycles. The summed E-state index contributed by atoms with van der Waals surface area (Å²) in [5.74, 6) is 0.456. The number of aliphatic imine (C=N–C) groups is 1. The van der Waals surface area contributed by atoms with Crippen molar-refractivity contribution in [2.24, 2.45) is 4.99 Å². The number of hydrogen-bond donors (Lipinski definition) is 2. The lowest BCUT2D eigenvalue weighted by Crippen LogP contribution is -1.91. The summed E-state index contributed by atoms with van der Waals surface area (Å²) in [5.41, 5.74) is 1.28. The monoisotopic (exact) mass is 485 g/mol. The van der Waals surface area contributed by atoms with Gasteiger partial charge in [-0.25, -0.2) is 4.99 Å². The number of methoxy groups -OCH3 is 2. The zero-order chi connectivity index (χ0) is 25.8. The number of phenols is 2. The minimum atomic E-state index is -0.788. The lowest BCUT2D eigenvalue weighted by Gasteiger charge is -2.06. The minimum absolute atomic E-state index is 0.0446. The predicted octanol–water partition coefficient (Wildman–Crippen LogP) is 5.57. The Morgan fingerprint density at radius 1 is 0.972 bits per heavy atom. The first kappa shape index (κ1) is 23.8. The van der Waals surface area contributed by atoms with Crippen LogP contribution in [0.2, 0.25) is 0 Å². The molecule has 0 saturated carbocycles. The molecule has 0 fully saturated rings. The van der Waals surface area contributed by atoms with Crippen molar-refractivity contribution >= 4 is 17.8 Å². The molecule has 36 heavy (non-hydrogen) atoms. The molecule has 0 atom stereocenters. The van der Waals surface area contributed by atoms with E-state index in [1.54, 1.807) is 62.8 Å². The predicted molar refractivity (Wildman–Crippen MR) is 131 cm³/mol. The van der Waals surface area contributed by atoms with Gasteiger partial charge in [0.15, 0.2) is 5.75 Å². The Morgan fingerprint density at radius 2 is 1.56 bits per heavy atom. The zero-order valence-corrected chi connectivity index (χ0v) is 19.1. The average molecular weight is 485 g/mol. The van der Waals surface area contributed by atoms with Gasteiger partial charge in [0.2, 0.25) is 5.88 Å². The van der Waals surface area contributed by atoms with Gasteiger partial charge in [0.25, 0.3) is 0 Å². The average Bonchev–Trinajstić information content (AvgIpc) is 3.26. The van der Waals surface area contributed by atoms with Crippen molar-refractivity contribution in [3.63, 3.8) is 0 Å². The number of aromatic hydroxyl groups is 2. The molecular formula is C26H19N3O7. The van der Waals surface area contributed by atoms with E-state index in [1.807, 2.05) is 0 Å². The van der Waals surface area contributed by atoms with Gasteiger partial charge >= 0.3 is 5.69 Å². The smallest absolute Gasteiger partial charge is 0.311 e. The van der Waals surface area contributed by atoms with Crippen LogP contribution in [-0.2, 0) is 0 Å². The first-order chi connectivity index (χ1) is 17.4. The summed E-state index contributed by atoms with van der Waals surface area (Å²) in [6, 6.07) is 18.0. The lowest BCUT2D eigenvalue weighted by molar-refractivity contribution is -0.385. The highest BCUT2D eigenvalue weighted by atomic mass is 16.6. The summed E-state index contributed by atoms with van der Waals surface area (Å²) in [6.07, 6.45) is 1.12. The van der Waals surface area contributed by atoms with Crippen LogP contribution in [0.15, 0.2) is 70.1 Å². The van der Waals surface area contributed by atoms with E-state index < -0.39 is 22.1 Å². The summed E-state index contributed by atoms with van der Waals surface area (Å²) >= 11 is 0. The number of phenolic OH excluding ortho intramolecular Hbond substituents is 2. The molecule has 0 bridgehead atoms. The fourth-order valence-corrected chi connectivity index (χ4v) is 3.55. The third kappa shape index (κ3) is 4.53. The van der Waals surface area contributed by atoms with Crippen LogP contribution in [0.4, 0.5) is 11.6 Å². The zero-order valence-electron chi connectivity index (χ0n) is 19.1. The first-order valence-corrected chi connectivity index (χ1v) is 10.5. The first-order valence-electron chi connectivity index (χ1n) is 10.5. The van der Waals surface area contributed by atoms with Crippen molar-refractivity contribution in [2.45, 2.75) is 0 Å². The molecule has 10 heteroatoms. The summed E-state index contributed by atoms with van der Waals surface area (Å²) in [6.45, 7) is 0. The van der Waals surface area contributed by atoms with Crippen molar-refractivity contribution in [3.8, 4) is 51.5 Å². The number of furan rings is 1. The second kappa shape index (κ2) is 9.90. The van der Waals surface area contributed by atoms with Crippen molar-refractivity contribution in [2.75, 3.05) is 14.2 Å². The number of nitriles is 1. The van der Waals surface area contributed by atoms with Crippen LogP contribution in [0.3, 0.4) is 0 Å². The molecule has 0 amide bonds. The Kier molecular flexibility index (Phi) is 6.56. The molecule has 2 N–H and O–H groups in total. The number of benzene rings is 3. The number of nitro benzene ring substituents is 1. The quantitative estimate of drug-likeness (QED) is 0.196. The molecule has 4 aromatic rings. The molecule has 0 aliphatic rings. The van der Waals surface area contributed by atoms with E-state index in [0.717, 1.165) is 18.3 Å². The van der Waals surface area contributed by atoms with Crippen molar-refractivity contribution in [3.05, 3.63) is 81.9 Å². The fraction of sp³-hybridized carbons (Fsp3) is 0.0769. The standard InChI is InChI=1S/C26H19N3O7/c1-34-18-7-3-15(4-8-18)24-20(13-27)26(36-25(24)16-5-9-19(35-2)10-6-16)28-14-17-11-21(29(32)33)23(31)12-22(17)30/h3-12,14,30-31H,1-2H3. The van der Waals surface area contributed by atoms with E-state index in [0.29, 0.717) is 33.9 Å². The highest BCUT2D eigenvalue weighted by molar-refractivity contribution is 5.91. The molecule has 0 aliphatic carbocycles. The second-order valence-electron chi connectivity index (χ2n) is 7.47. The molecule has 10 nitrogen and oxygen atoms in total. The van der Waals surface area contributed by atoms with Gasteiger partial charge in [-0.05, 0) is 42.0 Å². The molecule has 180 valence electrons. The van der Waals surface area contributed by atoms with E-state index in [1.165, 1.54) is 0 Å². The SMILES string of the molecule is COc1ccc(-c2oc(N=Cc3cc([N+](=O)[O-])c(O)cc3O)c(C#N)c2-c2ccc(OC)cc2)cc1. The van der Waals surface area contributed by atoms with Gasteiger partial charge in [0, 0.05) is 35.0 Å². The topological polar surface area (TPSA) is 151 Å². The van der Waals surface area contributed by atoms with Crippen LogP contribution in [0.25, 0.3) is 22.5 Å². The Balaban J connectivity index is 1.88. The number of hydrogen-bond acceptors (Lipinski definition) is 9. The molecule has 4 rings (SSSR count). The Bertz CT molecular complexity index is 1500. The second-order valence-corrected chi connectivity index (χ2v) is 7.47. The number of rotatable bonds is 7. The molecule has 1 aromatic heterocycles. The van der Waals surface area contributed by atoms with Gasteiger partial charge in [0.1, 0.15) is 34.6 Å². The van der Waals surface area contributed by atoms with Gasteiger partial charge in [-0.1, -0.05) is 12.1 Å². The van der Waals surface area contributed by atoms with Crippen LogP contribution >= 0.6 is 0 Å². The van der Waals surface area contributed by atoms with Gasteiger partial charge < -0.3 is 24.1 Å². The van der Waals surface area contributed by atoms with Crippen LogP contribution < -0.4 is 9.47 Å². The Labute approximate surface area is 205 Å². The highest BCUT2D eigenvalue weighted by Gasteiger charge is 2.23. The number of nitrogens with zero attached hydrogens (tertiary/aromatic N) is 3. The van der Waals surface area contributed by atoms with Crippen LogP contribution in [-0.4, -0.2) is 35.6 Å². The summed E-state index contributed by atoms with van der Waals surface area (Å²) in [5, 5.41) is 41.0. The lowest BCUT2D eigenvalue weighted by atomic mass is 9.98. The Morgan fingerprint density at radius 3 is 2.08 bits per heavy atom. The molecule has 0 unspecified atom stereocenters. The van der Waals surface area contributed by atoms with Gasteiger partial charge in [-0.3, -0.25) is 10.1 Å². The molecule has 3 aromatic carbocycles. The fourth-order valence-electron chi connectivity index (χ4n) is 3.55. The van der Waals surface area contributed by atoms with E-state index in [2.05, 4.69) is 11.1 Å².